The van der Waals surface area contributed by atoms with Crippen molar-refractivity contribution in [2.45, 2.75) is 90.9 Å². The van der Waals surface area contributed by atoms with Gasteiger partial charge < -0.3 is 9.47 Å². The zero-order chi connectivity index (χ0) is 17.9. The van der Waals surface area contributed by atoms with Crippen LogP contribution in [0, 0.1) is 5.92 Å². The van der Waals surface area contributed by atoms with Gasteiger partial charge in [-0.2, -0.15) is 0 Å². The third-order valence-corrected chi connectivity index (χ3v) is 4.57. The van der Waals surface area contributed by atoms with Crippen LogP contribution in [-0.4, -0.2) is 20.5 Å². The Hall–Kier alpha value is -0.600. The minimum Gasteiger partial charge on any atom is -0.359 e. The Morgan fingerprint density at radius 3 is 2.33 bits per heavy atom. The zero-order valence-electron chi connectivity index (χ0n) is 16.7. The van der Waals surface area contributed by atoms with Gasteiger partial charge in [-0.1, -0.05) is 70.1 Å². The molecule has 0 radical (unpaired) electrons. The maximum absolute atomic E-state index is 5.53. The molecular weight excluding hydrogens is 296 g/mol. The van der Waals surface area contributed by atoms with Gasteiger partial charge >= 0.3 is 0 Å². The predicted molar refractivity (Wildman–Crippen MR) is 106 cm³/mol. The highest BCUT2D eigenvalue weighted by Crippen LogP contribution is 2.26. The molecule has 0 aromatic carbocycles. The molecule has 2 nitrogen and oxygen atoms in total. The molecule has 0 aromatic rings. The number of hydrogen-bond acceptors (Lipinski definition) is 2. The minimum atomic E-state index is 0.396. The van der Waals surface area contributed by atoms with Crippen LogP contribution in [0.15, 0.2) is 24.3 Å². The maximum Gasteiger partial charge on any atom is 0.146 e. The van der Waals surface area contributed by atoms with Crippen LogP contribution >= 0.6 is 0 Å². The van der Waals surface area contributed by atoms with Gasteiger partial charge in [-0.3, -0.25) is 0 Å². The zero-order valence-corrected chi connectivity index (χ0v) is 16.7. The van der Waals surface area contributed by atoms with E-state index >= 15 is 0 Å². The lowest BCUT2D eigenvalue weighted by Gasteiger charge is -2.20. The van der Waals surface area contributed by atoms with Crippen molar-refractivity contribution in [1.82, 2.24) is 0 Å². The van der Waals surface area contributed by atoms with E-state index in [0.29, 0.717) is 12.7 Å². The SMILES string of the molecule is C=CCC(CCOCOC)C(=CCCCCCC)CCCCCC. The van der Waals surface area contributed by atoms with E-state index in [1.807, 2.05) is 0 Å². The Morgan fingerprint density at radius 1 is 1.00 bits per heavy atom. The second-order valence-corrected chi connectivity index (χ2v) is 6.76. The summed E-state index contributed by atoms with van der Waals surface area (Å²) in [6.45, 7) is 9.68. The molecule has 0 aliphatic carbocycles. The summed E-state index contributed by atoms with van der Waals surface area (Å²) in [5.74, 6) is 0.590. The summed E-state index contributed by atoms with van der Waals surface area (Å²) < 4.78 is 10.5. The molecule has 24 heavy (non-hydrogen) atoms. The summed E-state index contributed by atoms with van der Waals surface area (Å²) in [5.41, 5.74) is 1.64. The fourth-order valence-corrected chi connectivity index (χ4v) is 3.11. The van der Waals surface area contributed by atoms with Crippen LogP contribution in [0.1, 0.15) is 90.9 Å². The van der Waals surface area contributed by atoms with Crippen LogP contribution in [0.3, 0.4) is 0 Å². The second kappa shape index (κ2) is 18.7. The van der Waals surface area contributed by atoms with E-state index in [4.69, 9.17) is 9.47 Å². The topological polar surface area (TPSA) is 18.5 Å². The molecule has 0 saturated heterocycles. The van der Waals surface area contributed by atoms with Crippen molar-refractivity contribution < 1.29 is 9.47 Å². The highest BCUT2D eigenvalue weighted by atomic mass is 16.7. The van der Waals surface area contributed by atoms with Crippen LogP contribution < -0.4 is 0 Å². The van der Waals surface area contributed by atoms with E-state index < -0.39 is 0 Å². The van der Waals surface area contributed by atoms with E-state index in [0.717, 1.165) is 19.4 Å². The van der Waals surface area contributed by atoms with Crippen LogP contribution in [-0.2, 0) is 9.47 Å². The summed E-state index contributed by atoms with van der Waals surface area (Å²) in [6.07, 6.45) is 19.9. The molecule has 1 unspecified atom stereocenters. The second-order valence-electron chi connectivity index (χ2n) is 6.76. The Labute approximate surface area is 151 Å². The maximum atomic E-state index is 5.53. The lowest BCUT2D eigenvalue weighted by Crippen LogP contribution is -2.09. The molecule has 0 fully saturated rings. The van der Waals surface area contributed by atoms with Gasteiger partial charge in [-0.05, 0) is 44.4 Å². The first-order valence-electron chi connectivity index (χ1n) is 10.2. The fraction of sp³-hybridized carbons (Fsp3) is 0.818. The average Bonchev–Trinajstić information content (AvgIpc) is 2.59. The van der Waals surface area contributed by atoms with Gasteiger partial charge in [0.15, 0.2) is 0 Å². The van der Waals surface area contributed by atoms with Crippen LogP contribution in [0.4, 0.5) is 0 Å². The van der Waals surface area contributed by atoms with E-state index in [2.05, 4.69) is 32.6 Å². The fourth-order valence-electron chi connectivity index (χ4n) is 3.11. The first kappa shape index (κ1) is 23.4. The third-order valence-electron chi connectivity index (χ3n) is 4.57. The molecule has 2 heteroatoms. The standard InChI is InChI=1S/C22H42O2/c1-5-8-10-12-14-17-22(16-13-11-9-6-2)21(15-7-3)18-19-24-20-23-4/h7,17,21H,3,5-6,8-16,18-20H2,1-2,4H3. The first-order valence-corrected chi connectivity index (χ1v) is 10.2. The molecule has 0 heterocycles. The highest BCUT2D eigenvalue weighted by molar-refractivity contribution is 5.08. The summed E-state index contributed by atoms with van der Waals surface area (Å²) in [6, 6.07) is 0. The van der Waals surface area contributed by atoms with Crippen molar-refractivity contribution in [3.63, 3.8) is 0 Å². The minimum absolute atomic E-state index is 0.396. The lowest BCUT2D eigenvalue weighted by atomic mass is 9.87. The summed E-state index contributed by atoms with van der Waals surface area (Å²) in [7, 11) is 1.68. The summed E-state index contributed by atoms with van der Waals surface area (Å²) in [4.78, 5) is 0. The largest absolute Gasteiger partial charge is 0.359 e. The van der Waals surface area contributed by atoms with Gasteiger partial charge in [0.05, 0.1) is 6.61 Å². The number of allylic oxidation sites excluding steroid dienone is 3. The normalized spacial score (nSPS) is 13.2. The average molecular weight is 339 g/mol. The van der Waals surface area contributed by atoms with Gasteiger partial charge in [0.25, 0.3) is 0 Å². The Balaban J connectivity index is 4.52. The molecule has 0 aliphatic rings. The summed E-state index contributed by atoms with van der Waals surface area (Å²) in [5, 5.41) is 0. The molecule has 0 amide bonds. The Bertz CT molecular complexity index is 296. The van der Waals surface area contributed by atoms with E-state index in [-0.39, 0.29) is 0 Å². The number of rotatable bonds is 18. The van der Waals surface area contributed by atoms with Gasteiger partial charge in [0.1, 0.15) is 6.79 Å². The van der Waals surface area contributed by atoms with Crippen LogP contribution in [0.2, 0.25) is 0 Å². The number of unbranched alkanes of at least 4 members (excludes halogenated alkanes) is 7. The van der Waals surface area contributed by atoms with Crippen molar-refractivity contribution in [3.05, 3.63) is 24.3 Å². The Morgan fingerprint density at radius 2 is 1.71 bits per heavy atom. The molecule has 142 valence electrons. The molecule has 0 saturated carbocycles. The number of methoxy groups -OCH3 is 1. The number of hydrogen-bond donors (Lipinski definition) is 0. The molecule has 1 atom stereocenters. The quantitative estimate of drug-likeness (QED) is 0.151. The van der Waals surface area contributed by atoms with E-state index in [1.54, 1.807) is 12.7 Å². The van der Waals surface area contributed by atoms with Crippen LogP contribution in [0.5, 0.6) is 0 Å². The smallest absolute Gasteiger partial charge is 0.146 e. The predicted octanol–water partition coefficient (Wildman–Crippen LogP) is 7.06. The van der Waals surface area contributed by atoms with Crippen molar-refractivity contribution in [2.75, 3.05) is 20.5 Å². The molecule has 0 aromatic heterocycles. The third kappa shape index (κ3) is 13.8. The molecule has 0 aliphatic heterocycles. The van der Waals surface area contributed by atoms with Gasteiger partial charge in [0.2, 0.25) is 0 Å². The summed E-state index contributed by atoms with van der Waals surface area (Å²) >= 11 is 0. The molecule has 0 rings (SSSR count). The molecular formula is C22H42O2. The number of ether oxygens (including phenoxy) is 2. The van der Waals surface area contributed by atoms with Gasteiger partial charge in [0, 0.05) is 7.11 Å². The van der Waals surface area contributed by atoms with E-state index in [9.17, 15) is 0 Å². The van der Waals surface area contributed by atoms with Crippen molar-refractivity contribution in [3.8, 4) is 0 Å². The highest BCUT2D eigenvalue weighted by Gasteiger charge is 2.13. The Kier molecular flexibility index (Phi) is 18.3. The first-order chi connectivity index (χ1) is 11.8. The van der Waals surface area contributed by atoms with Crippen molar-refractivity contribution in [1.29, 1.82) is 0 Å². The monoisotopic (exact) mass is 338 g/mol. The van der Waals surface area contributed by atoms with E-state index in [1.165, 1.54) is 64.2 Å². The molecule has 0 spiro atoms. The van der Waals surface area contributed by atoms with Crippen molar-refractivity contribution in [2.24, 2.45) is 5.92 Å². The van der Waals surface area contributed by atoms with Crippen LogP contribution in [0.25, 0.3) is 0 Å². The van der Waals surface area contributed by atoms with Gasteiger partial charge in [-0.25, -0.2) is 0 Å². The lowest BCUT2D eigenvalue weighted by molar-refractivity contribution is -0.0335. The molecule has 0 bridgehead atoms. The van der Waals surface area contributed by atoms with Gasteiger partial charge in [-0.15, -0.1) is 6.58 Å². The van der Waals surface area contributed by atoms with Crippen molar-refractivity contribution >= 4 is 0 Å². The molecule has 0 N–H and O–H groups in total.